The van der Waals surface area contributed by atoms with E-state index in [9.17, 15) is 14.4 Å². The molecule has 0 aliphatic carbocycles. The number of hydrogen-bond acceptors (Lipinski definition) is 6. The number of carbonyl (C=O) groups is 1. The Kier molecular flexibility index (Phi) is 4.48. The Balaban J connectivity index is 1.89. The Hall–Kier alpha value is -3.56. The van der Waals surface area contributed by atoms with Crippen molar-refractivity contribution < 1.29 is 4.79 Å². The Bertz CT molecular complexity index is 1120. The summed E-state index contributed by atoms with van der Waals surface area (Å²) in [5, 5.41) is 3.96. The molecule has 3 heterocycles. The van der Waals surface area contributed by atoms with E-state index in [1.807, 2.05) is 0 Å². The molecule has 0 aliphatic heterocycles. The minimum atomic E-state index is -0.504. The quantitative estimate of drug-likeness (QED) is 0.506. The second-order valence-corrected chi connectivity index (χ2v) is 5.78. The SMILES string of the molecule is CC(Cn1c(=O)c2c(ncn2C)n(C)c1=O)=NNC(=O)c1ccncc1. The van der Waals surface area contributed by atoms with Crippen LogP contribution in [0, 0.1) is 0 Å². The largest absolute Gasteiger partial charge is 0.332 e. The molecule has 3 rings (SSSR count). The van der Waals surface area contributed by atoms with Crippen molar-refractivity contribution in [3.05, 3.63) is 57.3 Å². The van der Waals surface area contributed by atoms with Crippen molar-refractivity contribution in [2.24, 2.45) is 19.2 Å². The monoisotopic (exact) mass is 355 g/mol. The Labute approximate surface area is 147 Å². The van der Waals surface area contributed by atoms with Crippen LogP contribution in [0.15, 0.2) is 45.5 Å². The first-order valence-corrected chi connectivity index (χ1v) is 7.74. The average molecular weight is 355 g/mol. The number of amides is 1. The maximum Gasteiger partial charge on any atom is 0.332 e. The fraction of sp³-hybridized carbons (Fsp3) is 0.250. The number of aryl methyl sites for hydroxylation is 2. The molecule has 3 aromatic rings. The first kappa shape index (κ1) is 17.3. The molecule has 26 heavy (non-hydrogen) atoms. The third-order valence-electron chi connectivity index (χ3n) is 3.88. The first-order chi connectivity index (χ1) is 12.4. The number of hydrazone groups is 1. The second kappa shape index (κ2) is 6.75. The fourth-order valence-corrected chi connectivity index (χ4v) is 2.51. The molecule has 3 aromatic heterocycles. The van der Waals surface area contributed by atoms with Crippen LogP contribution in [0.1, 0.15) is 17.3 Å². The topological polar surface area (TPSA) is 116 Å². The summed E-state index contributed by atoms with van der Waals surface area (Å²) in [6, 6.07) is 3.10. The van der Waals surface area contributed by atoms with Crippen molar-refractivity contribution in [2.75, 3.05) is 0 Å². The van der Waals surface area contributed by atoms with E-state index in [0.717, 1.165) is 4.57 Å². The molecule has 0 radical (unpaired) electrons. The lowest BCUT2D eigenvalue weighted by Crippen LogP contribution is -2.41. The second-order valence-electron chi connectivity index (χ2n) is 5.78. The zero-order valence-electron chi connectivity index (χ0n) is 14.5. The van der Waals surface area contributed by atoms with Crippen molar-refractivity contribution in [3.8, 4) is 0 Å². The maximum absolute atomic E-state index is 12.6. The molecule has 10 nitrogen and oxygen atoms in total. The van der Waals surface area contributed by atoms with E-state index >= 15 is 0 Å². The minimum absolute atomic E-state index is 0.0523. The van der Waals surface area contributed by atoms with Gasteiger partial charge in [0.15, 0.2) is 11.2 Å². The number of aromatic nitrogens is 5. The standard InChI is InChI=1S/C16H17N7O3/c1-10(19-20-14(24)11-4-6-17-7-5-11)8-23-15(25)12-13(18-9-21(12)2)22(3)16(23)26/h4-7,9H,8H2,1-3H3,(H,20,24). The highest BCUT2D eigenvalue weighted by Gasteiger charge is 2.15. The summed E-state index contributed by atoms with van der Waals surface area (Å²) in [6.45, 7) is 1.56. The zero-order chi connectivity index (χ0) is 18.8. The fourth-order valence-electron chi connectivity index (χ4n) is 2.51. The molecule has 1 amide bonds. The van der Waals surface area contributed by atoms with Crippen molar-refractivity contribution in [3.63, 3.8) is 0 Å². The molecule has 0 bridgehead atoms. The van der Waals surface area contributed by atoms with Crippen LogP contribution in [-0.4, -0.2) is 35.3 Å². The third-order valence-corrected chi connectivity index (χ3v) is 3.88. The van der Waals surface area contributed by atoms with Gasteiger partial charge in [0.25, 0.3) is 11.5 Å². The van der Waals surface area contributed by atoms with Crippen LogP contribution < -0.4 is 16.7 Å². The average Bonchev–Trinajstić information content (AvgIpc) is 3.04. The summed E-state index contributed by atoms with van der Waals surface area (Å²) >= 11 is 0. The summed E-state index contributed by atoms with van der Waals surface area (Å²) < 4.78 is 3.92. The van der Waals surface area contributed by atoms with Gasteiger partial charge in [-0.2, -0.15) is 5.10 Å². The predicted octanol–water partition coefficient (Wildman–Crippen LogP) is -0.365. The molecular weight excluding hydrogens is 338 g/mol. The van der Waals surface area contributed by atoms with Gasteiger partial charge in [-0.25, -0.2) is 15.2 Å². The molecule has 0 aromatic carbocycles. The van der Waals surface area contributed by atoms with Crippen LogP contribution in [0.25, 0.3) is 11.2 Å². The highest BCUT2D eigenvalue weighted by Crippen LogP contribution is 2.03. The number of nitrogens with one attached hydrogen (secondary N) is 1. The lowest BCUT2D eigenvalue weighted by Gasteiger charge is -2.08. The zero-order valence-corrected chi connectivity index (χ0v) is 14.5. The number of rotatable bonds is 4. The summed E-state index contributed by atoms with van der Waals surface area (Å²) in [5.74, 6) is -0.408. The van der Waals surface area contributed by atoms with Gasteiger partial charge in [0, 0.05) is 32.1 Å². The van der Waals surface area contributed by atoms with Crippen LogP contribution in [0.4, 0.5) is 0 Å². The lowest BCUT2D eigenvalue weighted by atomic mass is 10.3. The van der Waals surface area contributed by atoms with Crippen LogP contribution >= 0.6 is 0 Å². The third kappa shape index (κ3) is 3.04. The Morgan fingerprint density at radius 1 is 1.23 bits per heavy atom. The first-order valence-electron chi connectivity index (χ1n) is 7.74. The summed E-state index contributed by atoms with van der Waals surface area (Å²) in [4.78, 5) is 44.9. The van der Waals surface area contributed by atoms with E-state index in [-0.39, 0.29) is 6.54 Å². The molecule has 0 unspecified atom stereocenters. The van der Waals surface area contributed by atoms with Gasteiger partial charge >= 0.3 is 5.69 Å². The normalized spacial score (nSPS) is 11.7. The smallest absolute Gasteiger partial charge is 0.328 e. The van der Waals surface area contributed by atoms with Crippen LogP contribution in [-0.2, 0) is 20.6 Å². The van der Waals surface area contributed by atoms with Gasteiger partial charge in [0.2, 0.25) is 0 Å². The molecule has 0 spiro atoms. The maximum atomic E-state index is 12.6. The van der Waals surface area contributed by atoms with E-state index in [1.54, 1.807) is 37.7 Å². The van der Waals surface area contributed by atoms with Crippen molar-refractivity contribution >= 4 is 22.8 Å². The van der Waals surface area contributed by atoms with E-state index in [1.165, 1.54) is 23.3 Å². The summed E-state index contributed by atoms with van der Waals surface area (Å²) in [6.07, 6.45) is 4.47. The van der Waals surface area contributed by atoms with Gasteiger partial charge in [-0.05, 0) is 19.1 Å². The molecule has 0 fully saturated rings. The Morgan fingerprint density at radius 3 is 2.62 bits per heavy atom. The Morgan fingerprint density at radius 2 is 1.92 bits per heavy atom. The molecule has 10 heteroatoms. The molecule has 0 atom stereocenters. The van der Waals surface area contributed by atoms with Gasteiger partial charge in [-0.3, -0.25) is 23.7 Å². The van der Waals surface area contributed by atoms with Gasteiger partial charge in [0.05, 0.1) is 18.6 Å². The van der Waals surface area contributed by atoms with Gasteiger partial charge in [-0.1, -0.05) is 0 Å². The summed E-state index contributed by atoms with van der Waals surface area (Å²) in [7, 11) is 3.23. The van der Waals surface area contributed by atoms with E-state index in [2.05, 4.69) is 20.5 Å². The van der Waals surface area contributed by atoms with Crippen molar-refractivity contribution in [1.82, 2.24) is 29.1 Å². The number of imidazole rings is 1. The molecular formula is C16H17N7O3. The van der Waals surface area contributed by atoms with Crippen molar-refractivity contribution in [1.29, 1.82) is 0 Å². The molecule has 0 saturated carbocycles. The van der Waals surface area contributed by atoms with Crippen LogP contribution in [0.5, 0.6) is 0 Å². The van der Waals surface area contributed by atoms with Gasteiger partial charge in [-0.15, -0.1) is 0 Å². The number of nitrogens with zero attached hydrogens (tertiary/aromatic N) is 6. The molecule has 134 valence electrons. The number of carbonyl (C=O) groups excluding carboxylic acids is 1. The highest BCUT2D eigenvalue weighted by atomic mass is 16.2. The lowest BCUT2D eigenvalue weighted by molar-refractivity contribution is 0.0954. The van der Waals surface area contributed by atoms with E-state index in [0.29, 0.717) is 22.4 Å². The van der Waals surface area contributed by atoms with Gasteiger partial charge in [0.1, 0.15) is 0 Å². The van der Waals surface area contributed by atoms with E-state index < -0.39 is 17.2 Å². The number of hydrogen-bond donors (Lipinski definition) is 1. The van der Waals surface area contributed by atoms with Gasteiger partial charge < -0.3 is 4.57 Å². The molecule has 0 aliphatic rings. The van der Waals surface area contributed by atoms with E-state index in [4.69, 9.17) is 0 Å². The predicted molar refractivity (Wildman–Crippen MR) is 95.0 cm³/mol. The molecule has 0 saturated heterocycles. The van der Waals surface area contributed by atoms with Crippen molar-refractivity contribution in [2.45, 2.75) is 13.5 Å². The highest BCUT2D eigenvalue weighted by molar-refractivity contribution is 5.95. The minimum Gasteiger partial charge on any atom is -0.328 e. The summed E-state index contributed by atoms with van der Waals surface area (Å²) in [5.41, 5.74) is 2.87. The van der Waals surface area contributed by atoms with Crippen LogP contribution in [0.2, 0.25) is 0 Å². The number of pyridine rings is 1. The van der Waals surface area contributed by atoms with Crippen LogP contribution in [0.3, 0.4) is 0 Å². The number of fused-ring (bicyclic) bond motifs is 1. The molecule has 1 N–H and O–H groups in total.